The molecule has 1 aliphatic rings. The average molecular weight is 286 g/mol. The van der Waals surface area contributed by atoms with Crippen LogP contribution < -0.4 is 5.32 Å². The topological polar surface area (TPSA) is 66.5 Å². The van der Waals surface area contributed by atoms with Crippen molar-refractivity contribution >= 4 is 15.9 Å². The first kappa shape index (κ1) is 14.0. The molecule has 0 saturated carbocycles. The van der Waals surface area contributed by atoms with E-state index in [2.05, 4.69) is 5.32 Å². The van der Waals surface area contributed by atoms with Crippen molar-refractivity contribution in [3.05, 3.63) is 35.6 Å². The maximum atomic E-state index is 12.7. The molecule has 1 atom stereocenters. The van der Waals surface area contributed by atoms with Gasteiger partial charge in [-0.1, -0.05) is 0 Å². The lowest BCUT2D eigenvalue weighted by Crippen LogP contribution is -2.38. The molecule has 0 aromatic heterocycles. The normalized spacial score (nSPS) is 20.4. The summed E-state index contributed by atoms with van der Waals surface area (Å²) in [7, 11) is -3.21. The molecule has 1 heterocycles. The highest BCUT2D eigenvalue weighted by Gasteiger charge is 2.29. The molecule has 1 saturated heterocycles. The van der Waals surface area contributed by atoms with Crippen molar-refractivity contribution in [3.63, 3.8) is 0 Å². The molecule has 0 spiro atoms. The van der Waals surface area contributed by atoms with Gasteiger partial charge in [-0.25, -0.2) is 17.1 Å². The summed E-state index contributed by atoms with van der Waals surface area (Å²) >= 11 is 0. The first-order valence-electron chi connectivity index (χ1n) is 5.88. The molecule has 1 aromatic carbocycles. The summed E-state index contributed by atoms with van der Waals surface area (Å²) in [6, 6.07) is 5.02. The molecule has 1 fully saturated rings. The SMILES string of the molecule is CS(=O)(=O)N1CCC(NC(=O)c2ccc(F)cc2)C1. The van der Waals surface area contributed by atoms with Gasteiger partial charge in [-0.05, 0) is 30.7 Å². The Kier molecular flexibility index (Phi) is 3.86. The Morgan fingerprint density at radius 2 is 2.00 bits per heavy atom. The van der Waals surface area contributed by atoms with E-state index in [-0.39, 0.29) is 18.5 Å². The van der Waals surface area contributed by atoms with Gasteiger partial charge >= 0.3 is 0 Å². The summed E-state index contributed by atoms with van der Waals surface area (Å²) in [6.07, 6.45) is 1.73. The van der Waals surface area contributed by atoms with Gasteiger partial charge in [0.05, 0.1) is 6.26 Å². The number of carbonyl (C=O) groups excluding carboxylic acids is 1. The van der Waals surface area contributed by atoms with Crippen LogP contribution in [0.3, 0.4) is 0 Å². The maximum absolute atomic E-state index is 12.7. The second-order valence-corrected chi connectivity index (χ2v) is 6.57. The summed E-state index contributed by atoms with van der Waals surface area (Å²) in [5.74, 6) is -0.721. The van der Waals surface area contributed by atoms with E-state index in [1.54, 1.807) is 0 Å². The van der Waals surface area contributed by atoms with Gasteiger partial charge in [0, 0.05) is 24.7 Å². The van der Waals surface area contributed by atoms with Gasteiger partial charge in [-0.15, -0.1) is 0 Å². The molecule has 7 heteroatoms. The number of hydrogen-bond donors (Lipinski definition) is 1. The maximum Gasteiger partial charge on any atom is 0.251 e. The van der Waals surface area contributed by atoms with E-state index in [0.717, 1.165) is 6.26 Å². The van der Waals surface area contributed by atoms with Gasteiger partial charge in [0.1, 0.15) is 5.82 Å². The van der Waals surface area contributed by atoms with Crippen LogP contribution in [0, 0.1) is 5.82 Å². The molecule has 1 amide bonds. The van der Waals surface area contributed by atoms with Gasteiger partial charge in [-0.2, -0.15) is 0 Å². The lowest BCUT2D eigenvalue weighted by molar-refractivity contribution is 0.0939. The number of sulfonamides is 1. The van der Waals surface area contributed by atoms with Gasteiger partial charge in [0.2, 0.25) is 10.0 Å². The van der Waals surface area contributed by atoms with E-state index in [1.165, 1.54) is 28.6 Å². The van der Waals surface area contributed by atoms with Crippen LogP contribution in [0.15, 0.2) is 24.3 Å². The van der Waals surface area contributed by atoms with Crippen molar-refractivity contribution in [1.82, 2.24) is 9.62 Å². The largest absolute Gasteiger partial charge is 0.348 e. The number of rotatable bonds is 3. The fraction of sp³-hybridized carbons (Fsp3) is 0.417. The number of amides is 1. The van der Waals surface area contributed by atoms with Crippen molar-refractivity contribution < 1.29 is 17.6 Å². The van der Waals surface area contributed by atoms with Gasteiger partial charge in [0.25, 0.3) is 5.91 Å². The molecular formula is C12H15FN2O3S. The first-order valence-corrected chi connectivity index (χ1v) is 7.72. The van der Waals surface area contributed by atoms with Gasteiger partial charge in [0.15, 0.2) is 0 Å². The van der Waals surface area contributed by atoms with E-state index >= 15 is 0 Å². The van der Waals surface area contributed by atoms with Gasteiger partial charge < -0.3 is 5.32 Å². The third-order valence-corrected chi connectivity index (χ3v) is 4.33. The standard InChI is InChI=1S/C12H15FN2O3S/c1-19(17,18)15-7-6-11(8-15)14-12(16)9-2-4-10(13)5-3-9/h2-5,11H,6-8H2,1H3,(H,14,16). The van der Waals surface area contributed by atoms with E-state index < -0.39 is 15.8 Å². The molecular weight excluding hydrogens is 271 g/mol. The van der Waals surface area contributed by atoms with Crippen molar-refractivity contribution in [3.8, 4) is 0 Å². The van der Waals surface area contributed by atoms with Crippen molar-refractivity contribution in [1.29, 1.82) is 0 Å². The van der Waals surface area contributed by atoms with Crippen LogP contribution in [0.5, 0.6) is 0 Å². The number of halogens is 1. The number of carbonyl (C=O) groups is 1. The molecule has 0 bridgehead atoms. The highest BCUT2D eigenvalue weighted by Crippen LogP contribution is 2.13. The van der Waals surface area contributed by atoms with Crippen LogP contribution in [0.1, 0.15) is 16.8 Å². The third-order valence-electron chi connectivity index (χ3n) is 3.06. The fourth-order valence-corrected chi connectivity index (χ4v) is 2.91. The Morgan fingerprint density at radius 3 is 2.53 bits per heavy atom. The zero-order chi connectivity index (χ0) is 14.0. The van der Waals surface area contributed by atoms with Crippen molar-refractivity contribution in [2.24, 2.45) is 0 Å². The minimum Gasteiger partial charge on any atom is -0.348 e. The Balaban J connectivity index is 1.96. The highest BCUT2D eigenvalue weighted by molar-refractivity contribution is 7.88. The monoisotopic (exact) mass is 286 g/mol. The summed E-state index contributed by atoms with van der Waals surface area (Å²) < 4.78 is 36.8. The Labute approximate surface area is 111 Å². The predicted molar refractivity (Wildman–Crippen MR) is 68.7 cm³/mol. The van der Waals surface area contributed by atoms with E-state index in [1.807, 2.05) is 0 Å². The molecule has 19 heavy (non-hydrogen) atoms. The lowest BCUT2D eigenvalue weighted by Gasteiger charge is -2.14. The quantitative estimate of drug-likeness (QED) is 0.884. The zero-order valence-corrected chi connectivity index (χ0v) is 11.3. The second-order valence-electron chi connectivity index (χ2n) is 4.59. The molecule has 104 valence electrons. The molecule has 1 N–H and O–H groups in total. The number of nitrogens with zero attached hydrogens (tertiary/aromatic N) is 1. The Morgan fingerprint density at radius 1 is 1.37 bits per heavy atom. The summed E-state index contributed by atoms with van der Waals surface area (Å²) in [5, 5.41) is 2.75. The van der Waals surface area contributed by atoms with Crippen molar-refractivity contribution in [2.75, 3.05) is 19.3 Å². The van der Waals surface area contributed by atoms with Crippen LogP contribution >= 0.6 is 0 Å². The van der Waals surface area contributed by atoms with E-state index in [0.29, 0.717) is 18.5 Å². The Bertz CT molecular complexity index is 571. The van der Waals surface area contributed by atoms with E-state index in [4.69, 9.17) is 0 Å². The Hall–Kier alpha value is -1.47. The molecule has 1 unspecified atom stereocenters. The molecule has 0 radical (unpaired) electrons. The number of hydrogen-bond acceptors (Lipinski definition) is 3. The second kappa shape index (κ2) is 5.26. The molecule has 0 aliphatic carbocycles. The summed E-state index contributed by atoms with van der Waals surface area (Å²) in [4.78, 5) is 11.9. The molecule has 2 rings (SSSR count). The highest BCUT2D eigenvalue weighted by atomic mass is 32.2. The lowest BCUT2D eigenvalue weighted by atomic mass is 10.2. The zero-order valence-electron chi connectivity index (χ0n) is 10.5. The minimum atomic E-state index is -3.21. The number of nitrogens with one attached hydrogen (secondary N) is 1. The molecule has 5 nitrogen and oxygen atoms in total. The van der Waals surface area contributed by atoms with Crippen LogP contribution in [-0.4, -0.2) is 44.0 Å². The smallest absolute Gasteiger partial charge is 0.251 e. The van der Waals surface area contributed by atoms with Crippen LogP contribution in [0.2, 0.25) is 0 Å². The fourth-order valence-electron chi connectivity index (χ4n) is 2.02. The van der Waals surface area contributed by atoms with Crippen LogP contribution in [-0.2, 0) is 10.0 Å². The van der Waals surface area contributed by atoms with Gasteiger partial charge in [-0.3, -0.25) is 4.79 Å². The molecule has 1 aliphatic heterocycles. The predicted octanol–water partition coefficient (Wildman–Crippen LogP) is 0.589. The first-order chi connectivity index (χ1) is 8.86. The van der Waals surface area contributed by atoms with Crippen LogP contribution in [0.25, 0.3) is 0 Å². The molecule has 1 aromatic rings. The van der Waals surface area contributed by atoms with Crippen LogP contribution in [0.4, 0.5) is 4.39 Å². The average Bonchev–Trinajstić information content (AvgIpc) is 2.78. The van der Waals surface area contributed by atoms with Crippen molar-refractivity contribution in [2.45, 2.75) is 12.5 Å². The third kappa shape index (κ3) is 3.51. The van der Waals surface area contributed by atoms with E-state index in [9.17, 15) is 17.6 Å². The summed E-state index contributed by atoms with van der Waals surface area (Å²) in [6.45, 7) is 0.693. The number of benzene rings is 1. The summed E-state index contributed by atoms with van der Waals surface area (Å²) in [5.41, 5.74) is 0.360. The minimum absolute atomic E-state index is 0.202.